The summed E-state index contributed by atoms with van der Waals surface area (Å²) in [5, 5.41) is 3.14. The molecule has 1 heterocycles. The Morgan fingerprint density at radius 1 is 0.964 bits per heavy atom. The Kier molecular flexibility index (Phi) is 6.01. The van der Waals surface area contributed by atoms with Crippen LogP contribution in [0.4, 0.5) is 5.69 Å². The minimum Gasteiger partial charge on any atom is -0.484 e. The molecule has 0 aliphatic rings. The molecule has 0 bridgehead atoms. The number of benzene rings is 2. The number of para-hydroxylation sites is 1. The highest BCUT2D eigenvalue weighted by Crippen LogP contribution is 2.20. The number of aryl methyl sites for hydroxylation is 2. The summed E-state index contributed by atoms with van der Waals surface area (Å²) in [5.41, 5.74) is 5.73. The van der Waals surface area contributed by atoms with Crippen molar-refractivity contribution in [1.82, 2.24) is 4.68 Å². The lowest BCUT2D eigenvalue weighted by molar-refractivity contribution is -0.118. The highest BCUT2D eigenvalue weighted by Gasteiger charge is 2.10. The molecule has 0 radical (unpaired) electrons. The number of amides is 2. The van der Waals surface area contributed by atoms with Crippen LogP contribution in [0.25, 0.3) is 0 Å². The quantitative estimate of drug-likeness (QED) is 0.656. The van der Waals surface area contributed by atoms with Gasteiger partial charge in [-0.25, -0.2) is 0 Å². The van der Waals surface area contributed by atoms with Crippen LogP contribution in [0.1, 0.15) is 21.7 Å². The van der Waals surface area contributed by atoms with Gasteiger partial charge in [0.2, 0.25) is 0 Å². The van der Waals surface area contributed by atoms with Gasteiger partial charge in [0, 0.05) is 17.0 Å². The second-order valence-electron chi connectivity index (χ2n) is 6.23. The van der Waals surface area contributed by atoms with Gasteiger partial charge in [-0.1, -0.05) is 23.7 Å². The first-order valence-electron chi connectivity index (χ1n) is 8.67. The molecule has 0 saturated carbocycles. The Morgan fingerprint density at radius 3 is 2.25 bits per heavy atom. The van der Waals surface area contributed by atoms with E-state index in [1.165, 1.54) is 0 Å². The highest BCUT2D eigenvalue weighted by atomic mass is 35.5. The lowest BCUT2D eigenvalue weighted by Crippen LogP contribution is -2.24. The molecular formula is C21H20ClN3O3. The van der Waals surface area contributed by atoms with Gasteiger partial charge in [-0.3, -0.25) is 19.7 Å². The molecule has 3 rings (SSSR count). The van der Waals surface area contributed by atoms with Gasteiger partial charge in [0.15, 0.2) is 6.61 Å². The number of ether oxygens (including phenoxy) is 1. The molecule has 2 N–H and O–H groups in total. The van der Waals surface area contributed by atoms with E-state index in [1.54, 1.807) is 53.2 Å². The number of hydrogen-bond donors (Lipinski definition) is 2. The van der Waals surface area contributed by atoms with Gasteiger partial charge in [0.1, 0.15) is 5.75 Å². The second-order valence-corrected chi connectivity index (χ2v) is 6.64. The van der Waals surface area contributed by atoms with Gasteiger partial charge in [-0.2, -0.15) is 0 Å². The van der Waals surface area contributed by atoms with Crippen LogP contribution in [0, 0.1) is 13.8 Å². The van der Waals surface area contributed by atoms with Crippen molar-refractivity contribution in [2.45, 2.75) is 13.8 Å². The zero-order valence-electron chi connectivity index (χ0n) is 15.5. The summed E-state index contributed by atoms with van der Waals surface area (Å²) in [6.07, 6.45) is 0. The van der Waals surface area contributed by atoms with Gasteiger partial charge in [-0.15, -0.1) is 0 Å². The monoisotopic (exact) mass is 397 g/mol. The number of halogens is 1. The third-order valence-electron chi connectivity index (χ3n) is 4.12. The molecule has 2 amide bonds. The number of hydrogen-bond acceptors (Lipinski definition) is 3. The Bertz CT molecular complexity index is 977. The Morgan fingerprint density at radius 2 is 1.61 bits per heavy atom. The van der Waals surface area contributed by atoms with Crippen LogP contribution in [0.15, 0.2) is 60.7 Å². The van der Waals surface area contributed by atoms with Gasteiger partial charge < -0.3 is 10.1 Å². The van der Waals surface area contributed by atoms with E-state index in [1.807, 2.05) is 26.0 Å². The first kappa shape index (κ1) is 19.5. The average molecular weight is 398 g/mol. The minimum atomic E-state index is -0.325. The molecule has 0 unspecified atom stereocenters. The van der Waals surface area contributed by atoms with Crippen LogP contribution in [0.5, 0.6) is 5.75 Å². The fourth-order valence-electron chi connectivity index (χ4n) is 2.61. The zero-order valence-corrected chi connectivity index (χ0v) is 16.3. The fraction of sp³-hybridized carbons (Fsp3) is 0.143. The number of anilines is 1. The lowest BCUT2D eigenvalue weighted by Gasteiger charge is -2.12. The predicted molar refractivity (Wildman–Crippen MR) is 110 cm³/mol. The number of nitrogens with one attached hydrogen (secondary N) is 2. The summed E-state index contributed by atoms with van der Waals surface area (Å²) in [4.78, 5) is 24.4. The van der Waals surface area contributed by atoms with Crippen molar-refractivity contribution >= 4 is 29.1 Å². The number of carbonyl (C=O) groups is 2. The second kappa shape index (κ2) is 8.63. The van der Waals surface area contributed by atoms with Crippen molar-refractivity contribution in [2.24, 2.45) is 0 Å². The van der Waals surface area contributed by atoms with Gasteiger partial charge in [0.25, 0.3) is 11.8 Å². The highest BCUT2D eigenvalue weighted by molar-refractivity contribution is 6.33. The van der Waals surface area contributed by atoms with E-state index in [0.717, 1.165) is 11.4 Å². The van der Waals surface area contributed by atoms with Crippen molar-refractivity contribution in [3.63, 3.8) is 0 Å². The molecule has 0 aliphatic carbocycles. The van der Waals surface area contributed by atoms with Crippen LogP contribution < -0.4 is 15.5 Å². The smallest absolute Gasteiger partial charge is 0.270 e. The van der Waals surface area contributed by atoms with E-state index < -0.39 is 0 Å². The third-order valence-corrected chi connectivity index (χ3v) is 4.45. The molecule has 0 fully saturated rings. The van der Waals surface area contributed by atoms with Crippen LogP contribution in [-0.2, 0) is 4.79 Å². The zero-order chi connectivity index (χ0) is 20.1. The van der Waals surface area contributed by atoms with E-state index in [9.17, 15) is 9.59 Å². The van der Waals surface area contributed by atoms with E-state index in [-0.39, 0.29) is 18.4 Å². The number of nitrogens with zero attached hydrogens (tertiary/aromatic N) is 1. The van der Waals surface area contributed by atoms with Gasteiger partial charge >= 0.3 is 0 Å². The Labute approximate surface area is 168 Å². The van der Waals surface area contributed by atoms with Crippen LogP contribution >= 0.6 is 11.6 Å². The summed E-state index contributed by atoms with van der Waals surface area (Å²) < 4.78 is 7.19. The number of rotatable bonds is 6. The normalized spacial score (nSPS) is 10.4. The summed E-state index contributed by atoms with van der Waals surface area (Å²) >= 11 is 6.01. The summed E-state index contributed by atoms with van der Waals surface area (Å²) in [6, 6.07) is 17.4. The van der Waals surface area contributed by atoms with Crippen molar-refractivity contribution in [2.75, 3.05) is 17.3 Å². The van der Waals surface area contributed by atoms with E-state index >= 15 is 0 Å². The fourth-order valence-corrected chi connectivity index (χ4v) is 2.79. The maximum absolute atomic E-state index is 12.4. The van der Waals surface area contributed by atoms with Crippen molar-refractivity contribution in [1.29, 1.82) is 0 Å². The lowest BCUT2D eigenvalue weighted by atomic mass is 10.2. The molecule has 3 aromatic rings. The molecule has 1 aromatic heterocycles. The van der Waals surface area contributed by atoms with E-state index in [0.29, 0.717) is 22.0 Å². The Balaban J connectivity index is 1.55. The molecule has 0 aliphatic heterocycles. The molecule has 0 spiro atoms. The first-order chi connectivity index (χ1) is 13.4. The summed E-state index contributed by atoms with van der Waals surface area (Å²) in [6.45, 7) is 3.66. The van der Waals surface area contributed by atoms with Crippen LogP contribution in [0.2, 0.25) is 5.02 Å². The molecule has 2 aromatic carbocycles. The largest absolute Gasteiger partial charge is 0.484 e. The minimum absolute atomic E-state index is 0.168. The first-order valence-corrected chi connectivity index (χ1v) is 9.05. The van der Waals surface area contributed by atoms with Crippen LogP contribution in [0.3, 0.4) is 0 Å². The maximum Gasteiger partial charge on any atom is 0.270 e. The standard InChI is InChI=1S/C21H20ClN3O3/c1-14-7-8-15(2)25(14)24-21(27)16-9-11-17(12-10-16)28-13-20(26)23-19-6-4-3-5-18(19)22/h3-12H,13H2,1-2H3,(H,23,26)(H,24,27). The molecule has 0 saturated heterocycles. The van der Waals surface area contributed by atoms with Crippen molar-refractivity contribution < 1.29 is 14.3 Å². The molecular weight excluding hydrogens is 378 g/mol. The van der Waals surface area contributed by atoms with Crippen molar-refractivity contribution in [3.05, 3.63) is 82.6 Å². The average Bonchev–Trinajstić information content (AvgIpc) is 3.00. The van der Waals surface area contributed by atoms with Crippen molar-refractivity contribution in [3.8, 4) is 5.75 Å². The molecule has 144 valence electrons. The molecule has 7 heteroatoms. The Hall–Kier alpha value is -3.25. The van der Waals surface area contributed by atoms with Crippen LogP contribution in [-0.4, -0.2) is 23.1 Å². The van der Waals surface area contributed by atoms with E-state index in [4.69, 9.17) is 16.3 Å². The summed E-state index contributed by atoms with van der Waals surface area (Å²) in [5.74, 6) is -0.0712. The van der Waals surface area contributed by atoms with E-state index in [2.05, 4.69) is 10.7 Å². The molecule has 28 heavy (non-hydrogen) atoms. The maximum atomic E-state index is 12.4. The topological polar surface area (TPSA) is 72.4 Å². The van der Waals surface area contributed by atoms with Gasteiger partial charge in [-0.05, 0) is 62.4 Å². The SMILES string of the molecule is Cc1ccc(C)n1NC(=O)c1ccc(OCC(=O)Nc2ccccc2Cl)cc1. The number of carbonyl (C=O) groups excluding carboxylic acids is 2. The third kappa shape index (κ3) is 4.72. The summed E-state index contributed by atoms with van der Waals surface area (Å²) in [7, 11) is 0. The molecule has 6 nitrogen and oxygen atoms in total. The van der Waals surface area contributed by atoms with Gasteiger partial charge in [0.05, 0.1) is 10.7 Å². The predicted octanol–water partition coefficient (Wildman–Crippen LogP) is 4.16. The number of aromatic nitrogens is 1. The molecule has 0 atom stereocenters.